The second-order valence-electron chi connectivity index (χ2n) is 7.67. The first-order valence-corrected chi connectivity index (χ1v) is 9.82. The summed E-state index contributed by atoms with van der Waals surface area (Å²) in [4.78, 5) is 34.5. The van der Waals surface area contributed by atoms with Crippen LogP contribution >= 0.6 is 0 Å². The van der Waals surface area contributed by atoms with Gasteiger partial charge in [0.2, 0.25) is 0 Å². The molecule has 4 heterocycles. The summed E-state index contributed by atoms with van der Waals surface area (Å²) in [6.07, 6.45) is 1.48. The minimum atomic E-state index is -5.08. The van der Waals surface area contributed by atoms with Crippen LogP contribution in [0, 0.1) is 18.8 Å². The highest BCUT2D eigenvalue weighted by molar-refractivity contribution is 5.94. The molecule has 0 saturated carbocycles. The summed E-state index contributed by atoms with van der Waals surface area (Å²) >= 11 is 0. The fourth-order valence-corrected chi connectivity index (χ4v) is 3.89. The summed E-state index contributed by atoms with van der Waals surface area (Å²) in [6, 6.07) is 7.88. The Morgan fingerprint density at radius 3 is 2.39 bits per heavy atom. The van der Waals surface area contributed by atoms with Crippen molar-refractivity contribution in [2.45, 2.75) is 19.5 Å². The van der Waals surface area contributed by atoms with Gasteiger partial charge in [-0.25, -0.2) is 4.79 Å². The van der Waals surface area contributed by atoms with E-state index in [1.807, 2.05) is 42.4 Å². The van der Waals surface area contributed by atoms with Crippen LogP contribution in [0.1, 0.15) is 22.5 Å². The number of carbonyl (C=O) groups is 2. The maximum absolute atomic E-state index is 12.7. The van der Waals surface area contributed by atoms with E-state index in [9.17, 15) is 18.0 Å². The van der Waals surface area contributed by atoms with E-state index in [1.54, 1.807) is 6.20 Å². The Kier molecular flexibility index (Phi) is 6.77. The Morgan fingerprint density at radius 2 is 1.81 bits per heavy atom. The van der Waals surface area contributed by atoms with Gasteiger partial charge in [-0.05, 0) is 49.4 Å². The molecule has 0 spiro atoms. The SMILES string of the molecule is Cc1ccc(C(=O)N2C[C@@H]3CCN(c4cccnc4)C[C@@H]3C2)cn1.O=C(O)C(F)(F)F. The van der Waals surface area contributed by atoms with E-state index in [4.69, 9.17) is 9.90 Å². The highest BCUT2D eigenvalue weighted by Gasteiger charge is 2.39. The van der Waals surface area contributed by atoms with E-state index >= 15 is 0 Å². The van der Waals surface area contributed by atoms with Crippen LogP contribution in [0.25, 0.3) is 0 Å². The van der Waals surface area contributed by atoms with Crippen LogP contribution in [0.4, 0.5) is 18.9 Å². The number of nitrogens with zero attached hydrogens (tertiary/aromatic N) is 4. The molecule has 0 unspecified atom stereocenters. The van der Waals surface area contributed by atoms with E-state index in [0.717, 1.165) is 38.3 Å². The number of hydrogen-bond donors (Lipinski definition) is 1. The molecule has 2 aliphatic rings. The largest absolute Gasteiger partial charge is 0.490 e. The number of hydrogen-bond acceptors (Lipinski definition) is 5. The molecule has 2 fully saturated rings. The van der Waals surface area contributed by atoms with Crippen molar-refractivity contribution in [3.63, 3.8) is 0 Å². The van der Waals surface area contributed by atoms with Crippen molar-refractivity contribution < 1.29 is 27.9 Å². The monoisotopic (exact) mass is 436 g/mol. The smallest absolute Gasteiger partial charge is 0.475 e. The van der Waals surface area contributed by atoms with Crippen molar-refractivity contribution in [3.05, 3.63) is 54.1 Å². The zero-order chi connectivity index (χ0) is 22.6. The summed E-state index contributed by atoms with van der Waals surface area (Å²) < 4.78 is 31.7. The van der Waals surface area contributed by atoms with Crippen LogP contribution in [0.5, 0.6) is 0 Å². The molecule has 1 N–H and O–H groups in total. The Bertz CT molecular complexity index is 906. The first-order valence-electron chi connectivity index (χ1n) is 9.82. The van der Waals surface area contributed by atoms with Gasteiger partial charge in [0.15, 0.2) is 0 Å². The molecule has 0 radical (unpaired) electrons. The van der Waals surface area contributed by atoms with Gasteiger partial charge in [0.1, 0.15) is 0 Å². The van der Waals surface area contributed by atoms with Gasteiger partial charge in [0.25, 0.3) is 5.91 Å². The normalized spacial score (nSPS) is 20.5. The molecular weight excluding hydrogens is 413 g/mol. The summed E-state index contributed by atoms with van der Waals surface area (Å²) in [6.45, 7) is 5.70. The molecule has 2 aromatic heterocycles. The Hall–Kier alpha value is -3.17. The number of aryl methyl sites for hydroxylation is 1. The van der Waals surface area contributed by atoms with Crippen molar-refractivity contribution in [1.82, 2.24) is 14.9 Å². The topological polar surface area (TPSA) is 86.6 Å². The third-order valence-corrected chi connectivity index (χ3v) is 5.50. The van der Waals surface area contributed by atoms with Gasteiger partial charge in [-0.3, -0.25) is 14.8 Å². The van der Waals surface area contributed by atoms with Crippen molar-refractivity contribution in [2.24, 2.45) is 11.8 Å². The average molecular weight is 436 g/mol. The minimum Gasteiger partial charge on any atom is -0.475 e. The van der Waals surface area contributed by atoms with Crippen molar-refractivity contribution in [3.8, 4) is 0 Å². The maximum atomic E-state index is 12.7. The van der Waals surface area contributed by atoms with Crippen molar-refractivity contribution in [1.29, 1.82) is 0 Å². The fraction of sp³-hybridized carbons (Fsp3) is 0.429. The lowest BCUT2D eigenvalue weighted by Crippen LogP contribution is -2.40. The zero-order valence-corrected chi connectivity index (χ0v) is 16.9. The third kappa shape index (κ3) is 5.71. The molecule has 2 aromatic rings. The molecule has 2 saturated heterocycles. The molecule has 166 valence electrons. The Labute approximate surface area is 177 Å². The van der Waals surface area contributed by atoms with Crippen LogP contribution in [0.3, 0.4) is 0 Å². The van der Waals surface area contributed by atoms with Gasteiger partial charge < -0.3 is 14.9 Å². The molecular formula is C21H23F3N4O3. The van der Waals surface area contributed by atoms with E-state index in [0.29, 0.717) is 17.4 Å². The third-order valence-electron chi connectivity index (χ3n) is 5.50. The molecule has 2 atom stereocenters. The zero-order valence-electron chi connectivity index (χ0n) is 16.9. The van der Waals surface area contributed by atoms with Gasteiger partial charge in [-0.2, -0.15) is 13.2 Å². The van der Waals surface area contributed by atoms with E-state index < -0.39 is 12.1 Å². The number of carboxylic acids is 1. The lowest BCUT2D eigenvalue weighted by Gasteiger charge is -2.35. The first-order chi connectivity index (χ1) is 14.6. The number of aromatic nitrogens is 2. The van der Waals surface area contributed by atoms with Crippen LogP contribution in [0.2, 0.25) is 0 Å². The number of rotatable bonds is 2. The number of alkyl halides is 3. The average Bonchev–Trinajstić information content (AvgIpc) is 3.17. The van der Waals surface area contributed by atoms with Gasteiger partial charge in [0.05, 0.1) is 17.4 Å². The molecule has 31 heavy (non-hydrogen) atoms. The molecule has 10 heteroatoms. The van der Waals surface area contributed by atoms with Crippen LogP contribution in [-0.4, -0.2) is 64.2 Å². The van der Waals surface area contributed by atoms with E-state index in [2.05, 4.69) is 20.9 Å². The lowest BCUT2D eigenvalue weighted by atomic mass is 9.88. The van der Waals surface area contributed by atoms with E-state index in [1.165, 1.54) is 5.69 Å². The maximum Gasteiger partial charge on any atom is 0.490 e. The number of pyridine rings is 2. The molecule has 0 aromatic carbocycles. The highest BCUT2D eigenvalue weighted by atomic mass is 19.4. The molecule has 0 aliphatic carbocycles. The number of aliphatic carboxylic acids is 1. The molecule has 4 rings (SSSR count). The van der Waals surface area contributed by atoms with Crippen LogP contribution < -0.4 is 4.90 Å². The van der Waals surface area contributed by atoms with Gasteiger partial charge in [-0.1, -0.05) is 0 Å². The Morgan fingerprint density at radius 1 is 1.10 bits per heavy atom. The molecule has 0 bridgehead atoms. The van der Waals surface area contributed by atoms with Crippen molar-refractivity contribution in [2.75, 3.05) is 31.1 Å². The summed E-state index contributed by atoms with van der Waals surface area (Å²) in [5.41, 5.74) is 2.82. The van der Waals surface area contributed by atoms with Crippen LogP contribution in [0.15, 0.2) is 42.9 Å². The predicted octanol–water partition coefficient (Wildman–Crippen LogP) is 3.02. The number of fused-ring (bicyclic) bond motifs is 1. The second-order valence-corrected chi connectivity index (χ2v) is 7.67. The number of piperidine rings is 1. The van der Waals surface area contributed by atoms with Gasteiger partial charge in [0, 0.05) is 44.3 Å². The molecule has 2 aliphatic heterocycles. The van der Waals surface area contributed by atoms with E-state index in [-0.39, 0.29) is 5.91 Å². The predicted molar refractivity (Wildman–Crippen MR) is 107 cm³/mol. The quantitative estimate of drug-likeness (QED) is 0.779. The minimum absolute atomic E-state index is 0.116. The highest BCUT2D eigenvalue weighted by Crippen LogP contribution is 2.33. The summed E-state index contributed by atoms with van der Waals surface area (Å²) in [5, 5.41) is 7.12. The van der Waals surface area contributed by atoms with Gasteiger partial charge >= 0.3 is 12.1 Å². The van der Waals surface area contributed by atoms with Crippen LogP contribution in [-0.2, 0) is 4.79 Å². The summed E-state index contributed by atoms with van der Waals surface area (Å²) in [7, 11) is 0. The first kappa shape index (κ1) is 22.5. The fourth-order valence-electron chi connectivity index (χ4n) is 3.89. The number of carboxylic acid groups (broad SMARTS) is 1. The summed E-state index contributed by atoms with van der Waals surface area (Å²) in [5.74, 6) is -1.49. The number of amides is 1. The molecule has 7 nitrogen and oxygen atoms in total. The standard InChI is InChI=1S/C19H22N4O.C2HF3O2/c1-14-4-5-15(9-21-14)19(24)23-11-16-6-8-22(12-17(16)13-23)18-3-2-7-20-10-18;3-2(4,5)1(6)7/h2-5,7,9-10,16-17H,6,8,11-13H2,1H3;(H,6,7)/t16-,17+;/m0./s1. The van der Waals surface area contributed by atoms with Crippen molar-refractivity contribution >= 4 is 17.6 Å². The molecule has 1 amide bonds. The number of halogens is 3. The number of likely N-dealkylation sites (tertiary alicyclic amines) is 1. The second kappa shape index (κ2) is 9.32. The number of carbonyl (C=O) groups excluding carboxylic acids is 1. The Balaban J connectivity index is 0.000000339. The lowest BCUT2D eigenvalue weighted by molar-refractivity contribution is -0.192. The van der Waals surface area contributed by atoms with Gasteiger partial charge in [-0.15, -0.1) is 0 Å². The number of anilines is 1.